The molecule has 0 saturated heterocycles. The van der Waals surface area contributed by atoms with E-state index in [1.54, 1.807) is 30.5 Å². The minimum Gasteiger partial charge on any atom is -0.495 e. The van der Waals surface area contributed by atoms with E-state index in [0.717, 1.165) is 5.56 Å². The van der Waals surface area contributed by atoms with Gasteiger partial charge in [-0.15, -0.1) is 0 Å². The molecule has 0 saturated carbocycles. The Morgan fingerprint density at radius 3 is 2.84 bits per heavy atom. The number of nitrogen functional groups attached to an aromatic ring is 1. The van der Waals surface area contributed by atoms with Gasteiger partial charge in [-0.1, -0.05) is 6.07 Å². The van der Waals surface area contributed by atoms with Gasteiger partial charge in [-0.25, -0.2) is 0 Å². The number of methoxy groups -OCH3 is 1. The lowest BCUT2D eigenvalue weighted by molar-refractivity contribution is 0.102. The van der Waals surface area contributed by atoms with Crippen molar-refractivity contribution in [1.82, 2.24) is 4.98 Å². The first-order chi connectivity index (χ1) is 9.11. The Balaban J connectivity index is 2.29. The number of rotatable bonds is 3. The van der Waals surface area contributed by atoms with E-state index >= 15 is 0 Å². The van der Waals surface area contributed by atoms with Gasteiger partial charge in [0.1, 0.15) is 11.4 Å². The van der Waals surface area contributed by atoms with Crippen molar-refractivity contribution in [3.8, 4) is 5.75 Å². The molecule has 5 heteroatoms. The Morgan fingerprint density at radius 1 is 1.37 bits per heavy atom. The molecule has 3 N–H and O–H groups in total. The number of amides is 1. The monoisotopic (exact) mass is 257 g/mol. The number of carbonyl (C=O) groups is 1. The van der Waals surface area contributed by atoms with Crippen LogP contribution in [0.2, 0.25) is 0 Å². The van der Waals surface area contributed by atoms with Gasteiger partial charge >= 0.3 is 0 Å². The molecule has 2 aromatic rings. The van der Waals surface area contributed by atoms with E-state index in [2.05, 4.69) is 10.3 Å². The van der Waals surface area contributed by atoms with Crippen LogP contribution in [0.25, 0.3) is 0 Å². The molecule has 0 aliphatic heterocycles. The third-order valence-electron chi connectivity index (χ3n) is 2.70. The van der Waals surface area contributed by atoms with Gasteiger partial charge in [0, 0.05) is 11.9 Å². The van der Waals surface area contributed by atoms with Gasteiger partial charge in [0.05, 0.1) is 12.8 Å². The normalized spacial score (nSPS) is 10.0. The van der Waals surface area contributed by atoms with Gasteiger partial charge in [0.2, 0.25) is 0 Å². The number of nitrogens with two attached hydrogens (primary N) is 1. The van der Waals surface area contributed by atoms with Crippen molar-refractivity contribution in [1.29, 1.82) is 0 Å². The van der Waals surface area contributed by atoms with E-state index in [0.29, 0.717) is 22.8 Å². The Kier molecular flexibility index (Phi) is 3.66. The number of hydrogen-bond donors (Lipinski definition) is 2. The van der Waals surface area contributed by atoms with Gasteiger partial charge in [-0.05, 0) is 36.8 Å². The highest BCUT2D eigenvalue weighted by Gasteiger charge is 2.13. The van der Waals surface area contributed by atoms with Crippen LogP contribution in [0.5, 0.6) is 5.75 Å². The maximum atomic E-state index is 12.1. The zero-order valence-electron chi connectivity index (χ0n) is 10.8. The molecule has 1 aromatic heterocycles. The molecule has 98 valence electrons. The number of nitrogens with one attached hydrogen (secondary N) is 1. The topological polar surface area (TPSA) is 77.2 Å². The van der Waals surface area contributed by atoms with Crippen molar-refractivity contribution in [3.63, 3.8) is 0 Å². The van der Waals surface area contributed by atoms with Crippen LogP contribution < -0.4 is 15.8 Å². The first-order valence-corrected chi connectivity index (χ1v) is 5.78. The lowest BCUT2D eigenvalue weighted by Gasteiger charge is -2.11. The summed E-state index contributed by atoms with van der Waals surface area (Å²) in [5.41, 5.74) is 7.97. The Labute approximate surface area is 111 Å². The van der Waals surface area contributed by atoms with E-state index in [-0.39, 0.29) is 5.91 Å². The highest BCUT2D eigenvalue weighted by molar-refractivity contribution is 6.04. The second-order valence-electron chi connectivity index (χ2n) is 4.08. The largest absolute Gasteiger partial charge is 0.495 e. The van der Waals surface area contributed by atoms with Crippen LogP contribution in [0.4, 0.5) is 11.4 Å². The molecule has 5 nitrogen and oxygen atoms in total. The molecule has 1 aromatic carbocycles. The lowest BCUT2D eigenvalue weighted by atomic mass is 10.2. The number of benzene rings is 1. The number of ether oxygens (including phenoxy) is 1. The zero-order chi connectivity index (χ0) is 13.8. The molecule has 0 unspecified atom stereocenters. The SMILES string of the molecule is COc1ccc(N)cc1NC(=O)c1ncccc1C. The fraction of sp³-hybridized carbons (Fsp3) is 0.143. The van der Waals surface area contributed by atoms with Crippen LogP contribution in [-0.4, -0.2) is 18.0 Å². The summed E-state index contributed by atoms with van der Waals surface area (Å²) >= 11 is 0. The fourth-order valence-corrected chi connectivity index (χ4v) is 1.73. The Hall–Kier alpha value is -2.56. The molecule has 0 radical (unpaired) electrons. The Bertz CT molecular complexity index is 611. The minimum atomic E-state index is -0.290. The van der Waals surface area contributed by atoms with Gasteiger partial charge in [0.25, 0.3) is 5.91 Å². The van der Waals surface area contributed by atoms with Crippen molar-refractivity contribution >= 4 is 17.3 Å². The van der Waals surface area contributed by atoms with Crippen molar-refractivity contribution < 1.29 is 9.53 Å². The molecule has 0 bridgehead atoms. The van der Waals surface area contributed by atoms with Crippen molar-refractivity contribution in [3.05, 3.63) is 47.8 Å². The number of aromatic nitrogens is 1. The van der Waals surface area contributed by atoms with Gasteiger partial charge < -0.3 is 15.8 Å². The average molecular weight is 257 g/mol. The van der Waals surface area contributed by atoms with Crippen LogP contribution >= 0.6 is 0 Å². The van der Waals surface area contributed by atoms with Crippen LogP contribution in [-0.2, 0) is 0 Å². The summed E-state index contributed by atoms with van der Waals surface area (Å²) in [5.74, 6) is 0.262. The van der Waals surface area contributed by atoms with E-state index in [9.17, 15) is 4.79 Å². The summed E-state index contributed by atoms with van der Waals surface area (Å²) in [6.07, 6.45) is 1.58. The molecule has 1 heterocycles. The maximum Gasteiger partial charge on any atom is 0.274 e. The van der Waals surface area contributed by atoms with Crippen LogP contribution in [0.3, 0.4) is 0 Å². The van der Waals surface area contributed by atoms with Crippen molar-refractivity contribution in [2.45, 2.75) is 6.92 Å². The quantitative estimate of drug-likeness (QED) is 0.827. The first kappa shape index (κ1) is 12.9. The lowest BCUT2D eigenvalue weighted by Crippen LogP contribution is -2.15. The fourth-order valence-electron chi connectivity index (χ4n) is 1.73. The summed E-state index contributed by atoms with van der Waals surface area (Å²) in [6.45, 7) is 1.83. The molecule has 1 amide bonds. The zero-order valence-corrected chi connectivity index (χ0v) is 10.8. The van der Waals surface area contributed by atoms with Gasteiger partial charge in [0.15, 0.2) is 0 Å². The first-order valence-electron chi connectivity index (χ1n) is 5.78. The average Bonchev–Trinajstić information content (AvgIpc) is 2.39. The minimum absolute atomic E-state index is 0.290. The molecular weight excluding hydrogens is 242 g/mol. The molecule has 0 aliphatic carbocycles. The molecule has 0 spiro atoms. The predicted molar refractivity (Wildman–Crippen MR) is 74.3 cm³/mol. The molecule has 0 fully saturated rings. The number of aryl methyl sites for hydroxylation is 1. The second kappa shape index (κ2) is 5.39. The maximum absolute atomic E-state index is 12.1. The van der Waals surface area contributed by atoms with E-state index in [1.165, 1.54) is 7.11 Å². The van der Waals surface area contributed by atoms with Crippen LogP contribution in [0, 0.1) is 6.92 Å². The molecule has 2 rings (SSSR count). The standard InChI is InChI=1S/C14H15N3O2/c1-9-4-3-7-16-13(9)14(18)17-11-8-10(15)5-6-12(11)19-2/h3-8H,15H2,1-2H3,(H,17,18). The second-order valence-corrected chi connectivity index (χ2v) is 4.08. The summed E-state index contributed by atoms with van der Waals surface area (Å²) in [7, 11) is 1.53. The third kappa shape index (κ3) is 2.82. The summed E-state index contributed by atoms with van der Waals surface area (Å²) in [5, 5.41) is 2.75. The number of nitrogens with zero attached hydrogens (tertiary/aromatic N) is 1. The third-order valence-corrected chi connectivity index (χ3v) is 2.70. The highest BCUT2D eigenvalue weighted by atomic mass is 16.5. The molecule has 19 heavy (non-hydrogen) atoms. The number of anilines is 2. The number of pyridine rings is 1. The van der Waals surface area contributed by atoms with Crippen LogP contribution in [0.15, 0.2) is 36.5 Å². The molecule has 0 aliphatic rings. The van der Waals surface area contributed by atoms with E-state index in [1.807, 2.05) is 13.0 Å². The summed E-state index contributed by atoms with van der Waals surface area (Å²) in [6, 6.07) is 8.68. The smallest absolute Gasteiger partial charge is 0.274 e. The van der Waals surface area contributed by atoms with Gasteiger partial charge in [-0.2, -0.15) is 0 Å². The van der Waals surface area contributed by atoms with E-state index in [4.69, 9.17) is 10.5 Å². The van der Waals surface area contributed by atoms with Gasteiger partial charge in [-0.3, -0.25) is 9.78 Å². The highest BCUT2D eigenvalue weighted by Crippen LogP contribution is 2.26. The molecule has 0 atom stereocenters. The van der Waals surface area contributed by atoms with Crippen molar-refractivity contribution in [2.24, 2.45) is 0 Å². The number of hydrogen-bond acceptors (Lipinski definition) is 4. The van der Waals surface area contributed by atoms with Crippen LogP contribution in [0.1, 0.15) is 16.1 Å². The molecular formula is C14H15N3O2. The van der Waals surface area contributed by atoms with E-state index < -0.39 is 0 Å². The summed E-state index contributed by atoms with van der Waals surface area (Å²) in [4.78, 5) is 16.2. The number of carbonyl (C=O) groups excluding carboxylic acids is 1. The Morgan fingerprint density at radius 2 is 2.16 bits per heavy atom. The summed E-state index contributed by atoms with van der Waals surface area (Å²) < 4.78 is 5.18. The van der Waals surface area contributed by atoms with Crippen molar-refractivity contribution in [2.75, 3.05) is 18.2 Å². The predicted octanol–water partition coefficient (Wildman–Crippen LogP) is 2.23.